The molecule has 0 fully saturated rings. The lowest BCUT2D eigenvalue weighted by atomic mass is 10.2. The summed E-state index contributed by atoms with van der Waals surface area (Å²) in [5.74, 6) is 2.36. The molecule has 20 heavy (non-hydrogen) atoms. The Morgan fingerprint density at radius 2 is 2.10 bits per heavy atom. The quantitative estimate of drug-likeness (QED) is 0.885. The molecule has 5 nitrogen and oxygen atoms in total. The van der Waals surface area contributed by atoms with Gasteiger partial charge in [-0.15, -0.1) is 11.3 Å². The summed E-state index contributed by atoms with van der Waals surface area (Å²) in [4.78, 5) is 14.6. The smallest absolute Gasteiger partial charge is 0.135 e. The summed E-state index contributed by atoms with van der Waals surface area (Å²) in [6.07, 6.45) is 2.96. The van der Waals surface area contributed by atoms with Gasteiger partial charge in [0.25, 0.3) is 0 Å². The molecule has 6 heteroatoms. The van der Waals surface area contributed by atoms with Crippen LogP contribution in [0.4, 0.5) is 11.6 Å². The number of nitrogens with two attached hydrogens (primary N) is 1. The summed E-state index contributed by atoms with van der Waals surface area (Å²) in [6.45, 7) is 8.85. The van der Waals surface area contributed by atoms with Crippen LogP contribution in [-0.4, -0.2) is 15.0 Å². The molecular formula is C14H21N5S. The molecule has 2 heterocycles. The van der Waals surface area contributed by atoms with Crippen LogP contribution < -0.4 is 11.1 Å². The van der Waals surface area contributed by atoms with Crippen molar-refractivity contribution in [1.29, 1.82) is 0 Å². The van der Waals surface area contributed by atoms with Crippen molar-refractivity contribution in [3.05, 3.63) is 27.5 Å². The Balaban J connectivity index is 2.16. The van der Waals surface area contributed by atoms with E-state index >= 15 is 0 Å². The van der Waals surface area contributed by atoms with Crippen LogP contribution in [0.1, 0.15) is 48.0 Å². The molecule has 0 aromatic carbocycles. The minimum Gasteiger partial charge on any atom is -0.383 e. The molecular weight excluding hydrogens is 270 g/mol. The fraction of sp³-hybridized carbons (Fsp3) is 0.500. The summed E-state index contributed by atoms with van der Waals surface area (Å²) in [5.41, 5.74) is 6.84. The standard InChI is InChI=1S/C14H21N5S/c1-5-10-6-16-11(20-10)7-17-14-9(4)12(15)18-13(19-14)8(2)3/h6,8H,5,7H2,1-4H3,(H3,15,17,18,19). The zero-order valence-electron chi connectivity index (χ0n) is 12.4. The zero-order valence-corrected chi connectivity index (χ0v) is 13.2. The van der Waals surface area contributed by atoms with Gasteiger partial charge >= 0.3 is 0 Å². The average Bonchev–Trinajstić information content (AvgIpc) is 2.88. The van der Waals surface area contributed by atoms with Gasteiger partial charge in [0.1, 0.15) is 22.5 Å². The van der Waals surface area contributed by atoms with E-state index in [1.54, 1.807) is 11.3 Å². The minimum atomic E-state index is 0.255. The lowest BCUT2D eigenvalue weighted by Gasteiger charge is -2.12. The van der Waals surface area contributed by atoms with E-state index in [4.69, 9.17) is 5.73 Å². The summed E-state index contributed by atoms with van der Waals surface area (Å²) < 4.78 is 0. The number of anilines is 2. The van der Waals surface area contributed by atoms with Gasteiger partial charge in [0.15, 0.2) is 0 Å². The van der Waals surface area contributed by atoms with Gasteiger partial charge in [0.2, 0.25) is 0 Å². The molecule has 108 valence electrons. The topological polar surface area (TPSA) is 76.7 Å². The van der Waals surface area contributed by atoms with E-state index in [0.29, 0.717) is 12.4 Å². The molecule has 0 unspecified atom stereocenters. The molecule has 0 saturated carbocycles. The van der Waals surface area contributed by atoms with Crippen molar-refractivity contribution in [2.24, 2.45) is 0 Å². The molecule has 0 aliphatic heterocycles. The lowest BCUT2D eigenvalue weighted by Crippen LogP contribution is -2.10. The zero-order chi connectivity index (χ0) is 14.7. The molecule has 0 radical (unpaired) electrons. The highest BCUT2D eigenvalue weighted by Crippen LogP contribution is 2.22. The first-order valence-electron chi connectivity index (χ1n) is 6.82. The Morgan fingerprint density at radius 3 is 2.70 bits per heavy atom. The summed E-state index contributed by atoms with van der Waals surface area (Å²) in [6, 6.07) is 0. The van der Waals surface area contributed by atoms with Crippen LogP contribution in [0.2, 0.25) is 0 Å². The highest BCUT2D eigenvalue weighted by atomic mass is 32.1. The molecule has 0 spiro atoms. The number of aryl methyl sites for hydroxylation is 1. The molecule has 2 aromatic heterocycles. The van der Waals surface area contributed by atoms with Crippen LogP contribution in [0.3, 0.4) is 0 Å². The molecule has 0 aliphatic carbocycles. The maximum Gasteiger partial charge on any atom is 0.135 e. The Morgan fingerprint density at radius 1 is 1.35 bits per heavy atom. The molecule has 0 aliphatic rings. The Kier molecular flexibility index (Phi) is 4.54. The summed E-state index contributed by atoms with van der Waals surface area (Å²) in [5, 5.41) is 4.38. The predicted octanol–water partition coefficient (Wildman–Crippen LogP) is 3.12. The van der Waals surface area contributed by atoms with Gasteiger partial charge in [-0.1, -0.05) is 20.8 Å². The molecule has 3 N–H and O–H groups in total. The van der Waals surface area contributed by atoms with Gasteiger partial charge in [0.05, 0.1) is 6.54 Å². The van der Waals surface area contributed by atoms with Gasteiger partial charge < -0.3 is 11.1 Å². The van der Waals surface area contributed by atoms with Crippen molar-refractivity contribution < 1.29 is 0 Å². The van der Waals surface area contributed by atoms with Gasteiger partial charge in [-0.3, -0.25) is 0 Å². The number of thiazole rings is 1. The number of nitrogens with zero attached hydrogens (tertiary/aromatic N) is 3. The van der Waals surface area contributed by atoms with Gasteiger partial charge in [-0.05, 0) is 13.3 Å². The first-order valence-corrected chi connectivity index (χ1v) is 7.64. The van der Waals surface area contributed by atoms with Gasteiger partial charge in [-0.25, -0.2) is 15.0 Å². The molecule has 0 saturated heterocycles. The molecule has 0 atom stereocenters. The van der Waals surface area contributed by atoms with E-state index in [1.807, 2.05) is 13.1 Å². The first-order chi connectivity index (χ1) is 9.51. The lowest BCUT2D eigenvalue weighted by molar-refractivity contribution is 0.774. The van der Waals surface area contributed by atoms with Crippen molar-refractivity contribution in [2.45, 2.75) is 46.6 Å². The maximum absolute atomic E-state index is 5.95. The Hall–Kier alpha value is -1.69. The number of hydrogen-bond acceptors (Lipinski definition) is 6. The molecule has 0 bridgehead atoms. The number of hydrogen-bond donors (Lipinski definition) is 2. The van der Waals surface area contributed by atoms with Gasteiger partial charge in [0, 0.05) is 22.6 Å². The normalized spacial score (nSPS) is 11.1. The molecule has 2 rings (SSSR count). The Bertz CT molecular complexity index is 591. The summed E-state index contributed by atoms with van der Waals surface area (Å²) in [7, 11) is 0. The van der Waals surface area contributed by atoms with E-state index in [0.717, 1.165) is 28.6 Å². The Labute approximate surface area is 123 Å². The van der Waals surface area contributed by atoms with E-state index in [9.17, 15) is 0 Å². The number of aromatic nitrogens is 3. The van der Waals surface area contributed by atoms with Crippen molar-refractivity contribution >= 4 is 23.0 Å². The molecule has 2 aromatic rings. The van der Waals surface area contributed by atoms with Crippen molar-refractivity contribution in [2.75, 3.05) is 11.1 Å². The summed E-state index contributed by atoms with van der Waals surface area (Å²) >= 11 is 1.72. The second-order valence-electron chi connectivity index (χ2n) is 5.02. The van der Waals surface area contributed by atoms with Crippen molar-refractivity contribution in [1.82, 2.24) is 15.0 Å². The van der Waals surface area contributed by atoms with Crippen LogP contribution in [-0.2, 0) is 13.0 Å². The highest BCUT2D eigenvalue weighted by molar-refractivity contribution is 7.11. The fourth-order valence-electron chi connectivity index (χ4n) is 1.73. The first kappa shape index (κ1) is 14.7. The number of rotatable bonds is 5. The van der Waals surface area contributed by atoms with Crippen LogP contribution >= 0.6 is 11.3 Å². The number of nitrogen functional groups attached to an aromatic ring is 1. The van der Waals surface area contributed by atoms with Crippen molar-refractivity contribution in [3.8, 4) is 0 Å². The predicted molar refractivity (Wildman–Crippen MR) is 84.1 cm³/mol. The van der Waals surface area contributed by atoms with Gasteiger partial charge in [-0.2, -0.15) is 0 Å². The SMILES string of the molecule is CCc1cnc(CNc2nc(C(C)C)nc(N)c2C)s1. The van der Waals surface area contributed by atoms with Crippen LogP contribution in [0.25, 0.3) is 0 Å². The maximum atomic E-state index is 5.95. The fourth-order valence-corrected chi connectivity index (χ4v) is 2.54. The number of nitrogens with one attached hydrogen (secondary N) is 1. The van der Waals surface area contributed by atoms with Crippen LogP contribution in [0.15, 0.2) is 6.20 Å². The van der Waals surface area contributed by atoms with E-state index in [1.165, 1.54) is 4.88 Å². The highest BCUT2D eigenvalue weighted by Gasteiger charge is 2.11. The second kappa shape index (κ2) is 6.17. The van der Waals surface area contributed by atoms with Crippen LogP contribution in [0.5, 0.6) is 0 Å². The van der Waals surface area contributed by atoms with Crippen molar-refractivity contribution in [3.63, 3.8) is 0 Å². The van der Waals surface area contributed by atoms with E-state index in [-0.39, 0.29) is 5.92 Å². The third-order valence-corrected chi connectivity index (χ3v) is 4.22. The monoisotopic (exact) mass is 291 g/mol. The minimum absolute atomic E-state index is 0.255. The third kappa shape index (κ3) is 3.25. The molecule has 0 amide bonds. The van der Waals surface area contributed by atoms with Crippen LogP contribution in [0, 0.1) is 6.92 Å². The van der Waals surface area contributed by atoms with E-state index < -0.39 is 0 Å². The third-order valence-electron chi connectivity index (χ3n) is 3.07. The second-order valence-corrected chi connectivity index (χ2v) is 6.22. The largest absolute Gasteiger partial charge is 0.383 e. The average molecular weight is 291 g/mol. The van der Waals surface area contributed by atoms with E-state index in [2.05, 4.69) is 41.0 Å².